The zero-order valence-electron chi connectivity index (χ0n) is 9.76. The quantitative estimate of drug-likeness (QED) is 0.680. The lowest BCUT2D eigenvalue weighted by Gasteiger charge is -2.23. The molecule has 64 valence electrons. The van der Waals surface area contributed by atoms with Gasteiger partial charge in [0.15, 0.2) is 0 Å². The van der Waals surface area contributed by atoms with Crippen molar-refractivity contribution < 1.29 is 8.85 Å². The van der Waals surface area contributed by atoms with Crippen molar-refractivity contribution in [2.75, 3.05) is 19.7 Å². The van der Waals surface area contributed by atoms with Crippen LogP contribution in [0.1, 0.15) is 15.8 Å². The molecular weight excluding hydrogens is 150 g/mol. The molecule has 12 heavy (non-hydrogen) atoms. The van der Waals surface area contributed by atoms with E-state index in [0.29, 0.717) is 18.7 Å². The summed E-state index contributed by atoms with van der Waals surface area (Å²) in [5, 5.41) is 3.16. The first-order chi connectivity index (χ1) is 7.18. The van der Waals surface area contributed by atoms with Crippen LogP contribution in [0.5, 0.6) is 0 Å². The summed E-state index contributed by atoms with van der Waals surface area (Å²) < 4.78 is 28.4. The van der Waals surface area contributed by atoms with Crippen LogP contribution in [0.25, 0.3) is 0 Å². The van der Waals surface area contributed by atoms with Crippen LogP contribution in [-0.4, -0.2) is 19.7 Å². The van der Waals surface area contributed by atoms with Crippen LogP contribution in [0.3, 0.4) is 0 Å². The Morgan fingerprint density at radius 2 is 2.33 bits per heavy atom. The second-order valence-corrected chi connectivity index (χ2v) is 2.72. The van der Waals surface area contributed by atoms with Crippen molar-refractivity contribution in [2.45, 2.75) is 6.10 Å². The second kappa shape index (κ2) is 3.70. The fourth-order valence-corrected chi connectivity index (χ4v) is 1.26. The van der Waals surface area contributed by atoms with E-state index in [0.717, 1.165) is 6.54 Å². The number of benzene rings is 1. The molecule has 2 heteroatoms. The summed E-state index contributed by atoms with van der Waals surface area (Å²) in [5.41, 5.74) is 0.582. The summed E-state index contributed by atoms with van der Waals surface area (Å²) in [6, 6.07) is 3.55. The molecule has 0 amide bonds. The normalized spacial score (nSPS) is 27.3. The van der Waals surface area contributed by atoms with Gasteiger partial charge in [0.2, 0.25) is 0 Å². The van der Waals surface area contributed by atoms with Crippen molar-refractivity contribution in [1.82, 2.24) is 5.32 Å². The van der Waals surface area contributed by atoms with E-state index in [4.69, 9.17) is 8.85 Å². The minimum atomic E-state index is -0.223. The molecule has 0 radical (unpaired) electrons. The van der Waals surface area contributed by atoms with Gasteiger partial charge in [-0.2, -0.15) is 0 Å². The zero-order chi connectivity index (χ0) is 10.8. The van der Waals surface area contributed by atoms with E-state index in [-0.39, 0.29) is 24.2 Å². The minimum Gasteiger partial charge on any atom is -0.371 e. The van der Waals surface area contributed by atoms with Crippen molar-refractivity contribution in [3.05, 3.63) is 35.8 Å². The SMILES string of the molecule is [2H]c1cc([2H])c([C@@H]2CNCCO2)c([2H])c1. The third kappa shape index (κ3) is 1.65. The maximum Gasteiger partial charge on any atom is 0.0949 e. The fourth-order valence-electron chi connectivity index (χ4n) is 1.26. The Labute approximate surface area is 76.8 Å². The molecule has 1 aromatic carbocycles. The Hall–Kier alpha value is -0.860. The molecule has 1 fully saturated rings. The fraction of sp³-hybridized carbons (Fsp3) is 0.400. The summed E-state index contributed by atoms with van der Waals surface area (Å²) in [4.78, 5) is 0. The topological polar surface area (TPSA) is 21.3 Å². The zero-order valence-corrected chi connectivity index (χ0v) is 6.76. The average molecular weight is 166 g/mol. The molecule has 1 saturated heterocycles. The van der Waals surface area contributed by atoms with Crippen LogP contribution in [-0.2, 0) is 4.74 Å². The lowest BCUT2D eigenvalue weighted by molar-refractivity contribution is 0.0277. The number of hydrogen-bond acceptors (Lipinski definition) is 2. The van der Waals surface area contributed by atoms with Crippen LogP contribution in [0.4, 0.5) is 0 Å². The van der Waals surface area contributed by atoms with Crippen molar-refractivity contribution in [3.63, 3.8) is 0 Å². The summed E-state index contributed by atoms with van der Waals surface area (Å²) in [5.74, 6) is 0. The summed E-state index contributed by atoms with van der Waals surface area (Å²) in [6.07, 6.45) is -0.223. The van der Waals surface area contributed by atoms with Gasteiger partial charge in [-0.15, -0.1) is 0 Å². The van der Waals surface area contributed by atoms with Gasteiger partial charge >= 0.3 is 0 Å². The van der Waals surface area contributed by atoms with Gasteiger partial charge in [0.25, 0.3) is 0 Å². The van der Waals surface area contributed by atoms with E-state index in [2.05, 4.69) is 5.32 Å². The monoisotopic (exact) mass is 166 g/mol. The van der Waals surface area contributed by atoms with Gasteiger partial charge in [-0.25, -0.2) is 0 Å². The van der Waals surface area contributed by atoms with Gasteiger partial charge in [0.1, 0.15) is 0 Å². The number of ether oxygens (including phenoxy) is 1. The Balaban J connectivity index is 2.33. The molecule has 1 N–H and O–H groups in total. The molecular formula is C10H13NO. The molecule has 0 saturated carbocycles. The standard InChI is InChI=1S/C10H13NO/c1-2-4-9(5-3-1)10-8-11-6-7-12-10/h1-5,10-11H,6-8H2/t10-/m0/s1/i1D,4D,5D. The lowest BCUT2D eigenvalue weighted by Crippen LogP contribution is -2.33. The van der Waals surface area contributed by atoms with Gasteiger partial charge < -0.3 is 10.1 Å². The molecule has 0 aromatic heterocycles. The van der Waals surface area contributed by atoms with Gasteiger partial charge in [-0.1, -0.05) is 30.3 Å². The molecule has 0 bridgehead atoms. The first kappa shape index (κ1) is 5.00. The minimum absolute atomic E-state index is 0.206. The lowest BCUT2D eigenvalue weighted by atomic mass is 10.1. The summed E-state index contributed by atoms with van der Waals surface area (Å²) in [7, 11) is 0. The Kier molecular flexibility index (Phi) is 1.54. The maximum absolute atomic E-state index is 7.74. The number of morpholine rings is 1. The van der Waals surface area contributed by atoms with Crippen molar-refractivity contribution in [3.8, 4) is 0 Å². The average Bonchev–Trinajstić information content (AvgIpc) is 2.17. The molecule has 0 spiro atoms. The molecule has 1 heterocycles. The summed E-state index contributed by atoms with van der Waals surface area (Å²) in [6.45, 7) is 2.05. The van der Waals surface area contributed by atoms with E-state index in [1.54, 1.807) is 0 Å². The smallest absolute Gasteiger partial charge is 0.0949 e. The van der Waals surface area contributed by atoms with Crippen LogP contribution in [0.2, 0.25) is 0 Å². The van der Waals surface area contributed by atoms with Crippen LogP contribution in [0, 0.1) is 0 Å². The highest BCUT2D eigenvalue weighted by Gasteiger charge is 2.14. The molecule has 0 unspecified atom stereocenters. The third-order valence-corrected chi connectivity index (χ3v) is 1.87. The highest BCUT2D eigenvalue weighted by atomic mass is 16.5. The third-order valence-electron chi connectivity index (χ3n) is 1.87. The second-order valence-electron chi connectivity index (χ2n) is 2.72. The van der Waals surface area contributed by atoms with Crippen LogP contribution in [0.15, 0.2) is 30.3 Å². The number of nitrogens with one attached hydrogen (secondary N) is 1. The summed E-state index contributed by atoms with van der Waals surface area (Å²) >= 11 is 0. The number of hydrogen-bond donors (Lipinski definition) is 1. The van der Waals surface area contributed by atoms with Crippen molar-refractivity contribution >= 4 is 0 Å². The van der Waals surface area contributed by atoms with Crippen LogP contribution < -0.4 is 5.32 Å². The Bertz CT molecular complexity index is 341. The van der Waals surface area contributed by atoms with E-state index in [1.165, 1.54) is 12.1 Å². The largest absolute Gasteiger partial charge is 0.371 e. The highest BCUT2D eigenvalue weighted by Crippen LogP contribution is 2.17. The molecule has 2 nitrogen and oxygen atoms in total. The predicted octanol–water partition coefficient (Wildman–Crippen LogP) is 1.35. The molecule has 0 aliphatic carbocycles. The van der Waals surface area contributed by atoms with Gasteiger partial charge in [0, 0.05) is 13.1 Å². The molecule has 1 aliphatic heterocycles. The highest BCUT2D eigenvalue weighted by molar-refractivity contribution is 5.18. The van der Waals surface area contributed by atoms with E-state index < -0.39 is 0 Å². The van der Waals surface area contributed by atoms with E-state index in [1.807, 2.05) is 0 Å². The van der Waals surface area contributed by atoms with Crippen molar-refractivity contribution in [1.29, 1.82) is 0 Å². The van der Waals surface area contributed by atoms with Crippen molar-refractivity contribution in [2.24, 2.45) is 0 Å². The Morgan fingerprint density at radius 3 is 3.00 bits per heavy atom. The van der Waals surface area contributed by atoms with Gasteiger partial charge in [-0.05, 0) is 5.56 Å². The van der Waals surface area contributed by atoms with Gasteiger partial charge in [-0.3, -0.25) is 0 Å². The first-order valence-electron chi connectivity index (χ1n) is 5.58. The first-order valence-corrected chi connectivity index (χ1v) is 4.08. The molecule has 2 rings (SSSR count). The molecule has 1 aliphatic rings. The molecule has 1 aromatic rings. The predicted molar refractivity (Wildman–Crippen MR) is 48.0 cm³/mol. The van der Waals surface area contributed by atoms with E-state index >= 15 is 0 Å². The maximum atomic E-state index is 7.74. The van der Waals surface area contributed by atoms with E-state index in [9.17, 15) is 0 Å². The Morgan fingerprint density at radius 1 is 1.50 bits per heavy atom. The van der Waals surface area contributed by atoms with Gasteiger partial charge in [0.05, 0.1) is 16.8 Å². The molecule has 1 atom stereocenters. The number of rotatable bonds is 1. The van der Waals surface area contributed by atoms with Crippen LogP contribution >= 0.6 is 0 Å².